The van der Waals surface area contributed by atoms with Crippen LogP contribution in [0, 0.1) is 0 Å². The summed E-state index contributed by atoms with van der Waals surface area (Å²) in [6.45, 7) is 1.88. The van der Waals surface area contributed by atoms with Crippen LogP contribution >= 0.6 is 0 Å². The number of halogens is 3. The van der Waals surface area contributed by atoms with Gasteiger partial charge < -0.3 is 19.5 Å². The van der Waals surface area contributed by atoms with Gasteiger partial charge in [0.25, 0.3) is 0 Å². The van der Waals surface area contributed by atoms with E-state index in [2.05, 4.69) is 16.0 Å². The first kappa shape index (κ1) is 24.2. The summed E-state index contributed by atoms with van der Waals surface area (Å²) >= 11 is 0. The first-order valence-corrected chi connectivity index (χ1v) is 10.7. The van der Waals surface area contributed by atoms with E-state index in [0.29, 0.717) is 19.8 Å². The van der Waals surface area contributed by atoms with E-state index in [-0.39, 0.29) is 24.2 Å². The van der Waals surface area contributed by atoms with E-state index in [1.165, 1.54) is 6.42 Å². The van der Waals surface area contributed by atoms with Gasteiger partial charge in [0.05, 0.1) is 25.4 Å². The van der Waals surface area contributed by atoms with Crippen molar-refractivity contribution in [2.45, 2.75) is 69.6 Å². The number of carboxylic acids is 1. The van der Waals surface area contributed by atoms with Gasteiger partial charge in [-0.3, -0.25) is 9.78 Å². The number of aromatic nitrogens is 1. The fourth-order valence-corrected chi connectivity index (χ4v) is 4.25. The number of carboxylic acid groups (broad SMARTS) is 1. The number of carbonyl (C=O) groups is 2. The van der Waals surface area contributed by atoms with E-state index in [9.17, 15) is 18.0 Å². The number of carbonyl (C=O) groups excluding carboxylic acids is 1. The maximum absolute atomic E-state index is 12.9. The molecule has 2 fully saturated rings. The highest BCUT2D eigenvalue weighted by Crippen LogP contribution is 2.34. The zero-order chi connectivity index (χ0) is 23.1. The topological polar surface area (TPSA) is 89.0 Å². The van der Waals surface area contributed by atoms with Gasteiger partial charge in [-0.2, -0.15) is 13.2 Å². The van der Waals surface area contributed by atoms with Crippen molar-refractivity contribution in [3.05, 3.63) is 41.7 Å². The first-order valence-electron chi connectivity index (χ1n) is 10.7. The third kappa shape index (κ3) is 6.29. The monoisotopic (exact) mass is 456 g/mol. The predicted molar refractivity (Wildman–Crippen MR) is 108 cm³/mol. The van der Waals surface area contributed by atoms with Gasteiger partial charge in [0.2, 0.25) is 5.91 Å². The van der Waals surface area contributed by atoms with Gasteiger partial charge in [-0.1, -0.05) is 6.08 Å². The second-order valence-electron chi connectivity index (χ2n) is 7.96. The number of ether oxygens (including phenoxy) is 2. The number of pyridine rings is 1. The molecule has 1 aromatic rings. The number of hydrogen-bond donors (Lipinski definition) is 1. The normalized spacial score (nSPS) is 25.3. The highest BCUT2D eigenvalue weighted by Gasteiger charge is 2.45. The highest BCUT2D eigenvalue weighted by molar-refractivity contribution is 5.93. The standard InChI is InChI=1S/C20H26N2O3.C2HF3O2/c23-20(16-4-2-1-3-5-16)22-12-13-24-19-17(22)6-7-18(19)25-14-15-8-10-21-11-9-15;3-2(4,5)1(6)7/h4,8-11,17-19H,1-3,5-7,12-14H2;(H,6,7)/t17-,18+,19+;/m0./s1. The van der Waals surface area contributed by atoms with Gasteiger partial charge in [-0.05, 0) is 56.2 Å². The van der Waals surface area contributed by atoms with Crippen LogP contribution in [-0.4, -0.2) is 64.4 Å². The van der Waals surface area contributed by atoms with Crippen LogP contribution in [0.1, 0.15) is 44.1 Å². The number of allylic oxidation sites excluding steroid dienone is 1. The fraction of sp³-hybridized carbons (Fsp3) is 0.591. The highest BCUT2D eigenvalue weighted by atomic mass is 19.4. The number of morpholine rings is 1. The van der Waals surface area contributed by atoms with Crippen LogP contribution in [0.5, 0.6) is 0 Å². The Kier molecular flexibility index (Phi) is 8.25. The third-order valence-corrected chi connectivity index (χ3v) is 5.82. The van der Waals surface area contributed by atoms with Crippen LogP contribution in [0.4, 0.5) is 13.2 Å². The minimum absolute atomic E-state index is 0.00345. The first-order chi connectivity index (χ1) is 15.3. The summed E-state index contributed by atoms with van der Waals surface area (Å²) in [5.74, 6) is -2.53. The largest absolute Gasteiger partial charge is 0.490 e. The Morgan fingerprint density at radius 2 is 1.94 bits per heavy atom. The molecular formula is C22H27F3N2O5. The molecule has 32 heavy (non-hydrogen) atoms. The van der Waals surface area contributed by atoms with E-state index in [4.69, 9.17) is 19.4 Å². The lowest BCUT2D eigenvalue weighted by atomic mass is 9.97. The molecule has 1 aromatic heterocycles. The Morgan fingerprint density at radius 1 is 1.22 bits per heavy atom. The number of aliphatic carboxylic acids is 1. The van der Waals surface area contributed by atoms with Crippen LogP contribution in [0.25, 0.3) is 0 Å². The molecule has 0 unspecified atom stereocenters. The molecule has 1 saturated heterocycles. The van der Waals surface area contributed by atoms with Crippen molar-refractivity contribution in [3.63, 3.8) is 0 Å². The summed E-state index contributed by atoms with van der Waals surface area (Å²) in [6.07, 6.45) is 6.91. The van der Waals surface area contributed by atoms with Crippen LogP contribution < -0.4 is 0 Å². The molecular weight excluding hydrogens is 429 g/mol. The van der Waals surface area contributed by atoms with Crippen LogP contribution in [0.3, 0.4) is 0 Å². The second kappa shape index (κ2) is 10.9. The van der Waals surface area contributed by atoms with Crippen molar-refractivity contribution < 1.29 is 37.3 Å². The molecule has 2 heterocycles. The second-order valence-corrected chi connectivity index (χ2v) is 7.96. The van der Waals surface area contributed by atoms with Crippen LogP contribution in [0.2, 0.25) is 0 Å². The Morgan fingerprint density at radius 3 is 2.56 bits per heavy atom. The zero-order valence-electron chi connectivity index (χ0n) is 17.6. The lowest BCUT2D eigenvalue weighted by Gasteiger charge is -2.39. The molecule has 1 N–H and O–H groups in total. The van der Waals surface area contributed by atoms with Crippen molar-refractivity contribution in [2.24, 2.45) is 0 Å². The van der Waals surface area contributed by atoms with E-state index in [1.54, 1.807) is 12.4 Å². The molecule has 0 radical (unpaired) electrons. The lowest BCUT2D eigenvalue weighted by Crippen LogP contribution is -2.54. The molecule has 1 saturated carbocycles. The molecule has 4 rings (SSSR count). The van der Waals surface area contributed by atoms with Crippen molar-refractivity contribution >= 4 is 11.9 Å². The van der Waals surface area contributed by atoms with Crippen LogP contribution in [-0.2, 0) is 25.7 Å². The molecule has 0 bridgehead atoms. The van der Waals surface area contributed by atoms with Gasteiger partial charge in [-0.25, -0.2) is 4.79 Å². The average Bonchev–Trinajstić information content (AvgIpc) is 3.21. The molecule has 2 aliphatic carbocycles. The maximum Gasteiger partial charge on any atom is 0.490 e. The summed E-state index contributed by atoms with van der Waals surface area (Å²) in [5, 5.41) is 7.12. The molecule has 1 aliphatic heterocycles. The number of rotatable bonds is 4. The molecule has 3 atom stereocenters. The Bertz CT molecular complexity index is 816. The molecule has 0 spiro atoms. The van der Waals surface area contributed by atoms with Crippen molar-refractivity contribution in [3.8, 4) is 0 Å². The molecule has 176 valence electrons. The van der Waals surface area contributed by atoms with Gasteiger partial charge in [-0.15, -0.1) is 0 Å². The molecule has 1 amide bonds. The van der Waals surface area contributed by atoms with Gasteiger partial charge in [0.1, 0.15) is 6.10 Å². The number of nitrogens with zero attached hydrogens (tertiary/aromatic N) is 2. The van der Waals surface area contributed by atoms with E-state index in [1.807, 2.05) is 12.1 Å². The lowest BCUT2D eigenvalue weighted by molar-refractivity contribution is -0.192. The SMILES string of the molecule is O=C(C1=CCCCC1)N1CCO[C@H]2[C@H](OCc3ccncc3)CC[C@@H]21.O=C(O)C(F)(F)F. The fourth-order valence-electron chi connectivity index (χ4n) is 4.25. The quantitative estimate of drug-likeness (QED) is 0.746. The molecule has 0 aromatic carbocycles. The molecule has 3 aliphatic rings. The third-order valence-electron chi connectivity index (χ3n) is 5.82. The minimum Gasteiger partial charge on any atom is -0.475 e. The van der Waals surface area contributed by atoms with Gasteiger partial charge in [0.15, 0.2) is 0 Å². The maximum atomic E-state index is 12.9. The molecule has 10 heteroatoms. The summed E-state index contributed by atoms with van der Waals surface area (Å²) in [6, 6.07) is 4.10. The van der Waals surface area contributed by atoms with Crippen LogP contribution in [0.15, 0.2) is 36.2 Å². The number of amides is 1. The smallest absolute Gasteiger partial charge is 0.475 e. The zero-order valence-corrected chi connectivity index (χ0v) is 17.6. The van der Waals surface area contributed by atoms with E-state index >= 15 is 0 Å². The Balaban J connectivity index is 0.000000360. The van der Waals surface area contributed by atoms with Crippen molar-refractivity contribution in [1.29, 1.82) is 0 Å². The average molecular weight is 456 g/mol. The number of fused-ring (bicyclic) bond motifs is 1. The number of hydrogen-bond acceptors (Lipinski definition) is 5. The van der Waals surface area contributed by atoms with Crippen molar-refractivity contribution in [2.75, 3.05) is 13.2 Å². The molecule has 7 nitrogen and oxygen atoms in total. The summed E-state index contributed by atoms with van der Waals surface area (Å²) in [4.78, 5) is 27.9. The minimum atomic E-state index is -5.08. The van der Waals surface area contributed by atoms with Gasteiger partial charge >= 0.3 is 12.1 Å². The van der Waals surface area contributed by atoms with Crippen molar-refractivity contribution in [1.82, 2.24) is 9.88 Å². The van der Waals surface area contributed by atoms with E-state index in [0.717, 1.165) is 43.2 Å². The Hall–Kier alpha value is -2.46. The summed E-state index contributed by atoms with van der Waals surface area (Å²) in [7, 11) is 0. The number of alkyl halides is 3. The van der Waals surface area contributed by atoms with E-state index < -0.39 is 12.1 Å². The van der Waals surface area contributed by atoms with Gasteiger partial charge in [0, 0.05) is 24.5 Å². The Labute approximate surface area is 184 Å². The summed E-state index contributed by atoms with van der Waals surface area (Å²) in [5.41, 5.74) is 2.13. The summed E-state index contributed by atoms with van der Waals surface area (Å²) < 4.78 is 43.9. The predicted octanol–water partition coefficient (Wildman–Crippen LogP) is 3.49.